The van der Waals surface area contributed by atoms with Gasteiger partial charge in [-0.05, 0) is 59.7 Å². The van der Waals surface area contributed by atoms with Gasteiger partial charge in [-0.15, -0.1) is 0 Å². The third-order valence-electron chi connectivity index (χ3n) is 4.32. The molecule has 0 unspecified atom stereocenters. The quantitative estimate of drug-likeness (QED) is 0.201. The van der Waals surface area contributed by atoms with E-state index >= 15 is 0 Å². The molecule has 1 aliphatic rings. The second-order valence-electron chi connectivity index (χ2n) is 6.49. The first-order valence-corrected chi connectivity index (χ1v) is 12.7. The van der Waals surface area contributed by atoms with Gasteiger partial charge in [0.15, 0.2) is 0 Å². The van der Waals surface area contributed by atoms with E-state index in [1.54, 1.807) is 6.07 Å². The summed E-state index contributed by atoms with van der Waals surface area (Å²) in [6, 6.07) is 5.42. The average molecular weight is 627 g/mol. The Morgan fingerprint density at radius 3 is 2.68 bits per heavy atom. The van der Waals surface area contributed by atoms with E-state index in [0.29, 0.717) is 23.6 Å². The average Bonchev–Trinajstić information content (AvgIpc) is 2.68. The molecule has 0 bridgehead atoms. The summed E-state index contributed by atoms with van der Waals surface area (Å²) in [5, 5.41) is 0. The smallest absolute Gasteiger partial charge is 0.140 e. The van der Waals surface area contributed by atoms with E-state index in [9.17, 15) is 8.60 Å². The Morgan fingerprint density at radius 2 is 2.07 bits per heavy atom. The lowest BCUT2D eigenvalue weighted by molar-refractivity contribution is 0.291. The number of hydrogen-bond donors (Lipinski definition) is 1. The molecule has 1 aliphatic heterocycles. The summed E-state index contributed by atoms with van der Waals surface area (Å²) in [6.45, 7) is 6.13. The van der Waals surface area contributed by atoms with Crippen molar-refractivity contribution in [2.75, 3.05) is 24.6 Å². The van der Waals surface area contributed by atoms with Crippen LogP contribution in [0.15, 0.2) is 51.3 Å². The lowest BCUT2D eigenvalue weighted by Crippen LogP contribution is -2.37. The van der Waals surface area contributed by atoms with Crippen LogP contribution in [0.1, 0.15) is 25.0 Å². The Labute approximate surface area is 196 Å². The van der Waals surface area contributed by atoms with Gasteiger partial charge in [0.25, 0.3) is 0 Å². The molecule has 0 aromatic heterocycles. The number of aliphatic imine (C=N–C) groups is 1. The first-order valence-electron chi connectivity index (χ1n) is 8.86. The number of nitrogens with one attached hydrogen (secondary N) is 1. The Hall–Kier alpha value is -0.590. The molecule has 0 amide bonds. The second-order valence-corrected chi connectivity index (χ2v) is 9.35. The second kappa shape index (κ2) is 12.2. The zero-order chi connectivity index (χ0) is 20.5. The third-order valence-corrected chi connectivity index (χ3v) is 6.73. The molecule has 152 valence electrons. The maximum absolute atomic E-state index is 14.6. The molecule has 0 radical (unpaired) electrons. The van der Waals surface area contributed by atoms with Crippen molar-refractivity contribution in [1.29, 1.82) is 0 Å². The van der Waals surface area contributed by atoms with Crippen molar-refractivity contribution in [3.8, 4) is 0 Å². The summed E-state index contributed by atoms with van der Waals surface area (Å²) in [5.74, 6) is 1.99. The van der Waals surface area contributed by atoms with Crippen molar-refractivity contribution in [3.05, 3.63) is 63.3 Å². The van der Waals surface area contributed by atoms with Gasteiger partial charge in [-0.3, -0.25) is 9.11 Å². The molecule has 1 aromatic rings. The van der Waals surface area contributed by atoms with E-state index in [1.165, 1.54) is 0 Å². The lowest BCUT2D eigenvalue weighted by Gasteiger charge is -2.26. The molecule has 8 heteroatoms. The highest BCUT2D eigenvalue weighted by Gasteiger charge is 2.15. The van der Waals surface area contributed by atoms with Gasteiger partial charge in [-0.1, -0.05) is 24.3 Å². The van der Waals surface area contributed by atoms with Crippen molar-refractivity contribution >= 4 is 67.5 Å². The van der Waals surface area contributed by atoms with Gasteiger partial charge in [-0.25, -0.2) is 9.38 Å². The first-order chi connectivity index (χ1) is 13.4. The van der Waals surface area contributed by atoms with Crippen molar-refractivity contribution < 1.29 is 8.60 Å². The van der Waals surface area contributed by atoms with E-state index in [4.69, 9.17) is 0 Å². The zero-order valence-electron chi connectivity index (χ0n) is 15.9. The zero-order valence-corrected chi connectivity index (χ0v) is 21.1. The van der Waals surface area contributed by atoms with E-state index in [1.807, 2.05) is 71.2 Å². The fourth-order valence-corrected chi connectivity index (χ4v) is 5.08. The summed E-state index contributed by atoms with van der Waals surface area (Å²) in [6.07, 6.45) is 5.67. The third kappa shape index (κ3) is 7.68. The first kappa shape index (κ1) is 23.7. The minimum atomic E-state index is -0.690. The Bertz CT molecular complexity index is 827. The van der Waals surface area contributed by atoms with Crippen LogP contribution in [0.2, 0.25) is 0 Å². The number of halogens is 3. The van der Waals surface area contributed by atoms with Gasteiger partial charge in [0.2, 0.25) is 0 Å². The van der Waals surface area contributed by atoms with Crippen molar-refractivity contribution in [3.63, 3.8) is 0 Å². The van der Waals surface area contributed by atoms with Crippen LogP contribution in [-0.4, -0.2) is 39.4 Å². The van der Waals surface area contributed by atoms with Crippen LogP contribution in [0.3, 0.4) is 0 Å². The van der Waals surface area contributed by atoms with Gasteiger partial charge >= 0.3 is 0 Å². The van der Waals surface area contributed by atoms with Crippen molar-refractivity contribution in [2.24, 2.45) is 4.99 Å². The molecule has 1 heterocycles. The van der Waals surface area contributed by atoms with Gasteiger partial charge < -0.3 is 3.53 Å². The minimum Gasteiger partial charge on any atom is -0.313 e. The van der Waals surface area contributed by atoms with Crippen LogP contribution in [0.4, 0.5) is 4.39 Å². The van der Waals surface area contributed by atoms with Gasteiger partial charge in [-0.2, -0.15) is 0 Å². The van der Waals surface area contributed by atoms with E-state index in [-0.39, 0.29) is 5.82 Å². The van der Waals surface area contributed by atoms with E-state index < -0.39 is 10.8 Å². The van der Waals surface area contributed by atoms with Gasteiger partial charge in [0, 0.05) is 57.3 Å². The summed E-state index contributed by atoms with van der Waals surface area (Å²) in [4.78, 5) is 6.64. The normalized spacial score (nSPS) is 18.1. The fraction of sp³-hybridized carbons (Fsp3) is 0.350. The number of nitrogens with zero attached hydrogens (tertiary/aromatic N) is 2. The van der Waals surface area contributed by atoms with E-state index in [0.717, 1.165) is 35.8 Å². The minimum absolute atomic E-state index is 0.213. The highest BCUT2D eigenvalue weighted by Crippen LogP contribution is 2.20. The summed E-state index contributed by atoms with van der Waals surface area (Å²) < 4.78 is 30.9. The van der Waals surface area contributed by atoms with Crippen molar-refractivity contribution in [1.82, 2.24) is 8.43 Å². The Balaban J connectivity index is 2.03. The van der Waals surface area contributed by atoms with Crippen LogP contribution < -0.4 is 3.53 Å². The molecule has 0 spiro atoms. The Morgan fingerprint density at radius 1 is 1.36 bits per heavy atom. The Kier molecular flexibility index (Phi) is 10.3. The molecule has 2 rings (SSSR count). The predicted octanol–water partition coefficient (Wildman–Crippen LogP) is 4.98. The van der Waals surface area contributed by atoms with Crippen LogP contribution >= 0.6 is 45.5 Å². The molecule has 0 saturated carbocycles. The molecule has 0 atom stereocenters. The lowest BCUT2D eigenvalue weighted by atomic mass is 10.0. The summed E-state index contributed by atoms with van der Waals surface area (Å²) in [7, 11) is -0.690. The SMILES string of the molecule is CC(/C=C\C=C(/C)c1ccc(CN2CCS(=O)CC2)cc1F)=N/C(=C\I)NI. The maximum Gasteiger partial charge on any atom is 0.140 e. The molecular formula is C20H24FI2N3OS. The largest absolute Gasteiger partial charge is 0.313 e. The summed E-state index contributed by atoms with van der Waals surface area (Å²) in [5.41, 5.74) is 3.27. The van der Waals surface area contributed by atoms with Crippen LogP contribution in [-0.2, 0) is 17.3 Å². The number of rotatable bonds is 7. The van der Waals surface area contributed by atoms with Gasteiger partial charge in [0.1, 0.15) is 11.6 Å². The fourth-order valence-electron chi connectivity index (χ4n) is 2.78. The standard InChI is InChI=1S/C20H24FI2N3OS/c1-15(4-3-5-16(2)24-20(13-22)25-23)18-7-6-17(12-19(18)21)14-26-8-10-28(27)11-9-26/h3-7,12-13,25H,8-11,14H2,1-2H3/b5-3-,15-4+,20-13+,24-16-. The molecule has 1 fully saturated rings. The number of benzene rings is 1. The number of hydrogen-bond acceptors (Lipinski definition) is 4. The highest BCUT2D eigenvalue weighted by molar-refractivity contribution is 14.1. The van der Waals surface area contributed by atoms with Crippen LogP contribution in [0.25, 0.3) is 5.57 Å². The van der Waals surface area contributed by atoms with Gasteiger partial charge in [0.05, 0.1) is 22.9 Å². The molecule has 0 aliphatic carbocycles. The molecule has 1 saturated heterocycles. The molecule has 4 nitrogen and oxygen atoms in total. The molecule has 1 N–H and O–H groups in total. The molecular weight excluding hydrogens is 603 g/mol. The maximum atomic E-state index is 14.6. The van der Waals surface area contributed by atoms with Crippen molar-refractivity contribution in [2.45, 2.75) is 20.4 Å². The molecule has 28 heavy (non-hydrogen) atoms. The number of allylic oxidation sites excluding steroid dienone is 4. The monoisotopic (exact) mass is 627 g/mol. The van der Waals surface area contributed by atoms with Crippen LogP contribution in [0, 0.1) is 5.82 Å². The van der Waals surface area contributed by atoms with E-state index in [2.05, 4.69) is 36.0 Å². The summed E-state index contributed by atoms with van der Waals surface area (Å²) >= 11 is 4.17. The topological polar surface area (TPSA) is 44.7 Å². The van der Waals surface area contributed by atoms with Crippen LogP contribution in [0.5, 0.6) is 0 Å². The predicted molar refractivity (Wildman–Crippen MR) is 135 cm³/mol. The molecule has 1 aromatic carbocycles. The highest BCUT2D eigenvalue weighted by atomic mass is 127.